The van der Waals surface area contributed by atoms with Gasteiger partial charge >= 0.3 is 12.2 Å². The van der Waals surface area contributed by atoms with Crippen molar-refractivity contribution in [2.45, 2.75) is 44.5 Å². The summed E-state index contributed by atoms with van der Waals surface area (Å²) in [6, 6.07) is 6.72. The molecular weight excluding hydrogens is 337 g/mol. The Hall–Kier alpha value is -1.96. The summed E-state index contributed by atoms with van der Waals surface area (Å²) in [7, 11) is 0. The van der Waals surface area contributed by atoms with Gasteiger partial charge in [0.05, 0.1) is 6.04 Å². The highest BCUT2D eigenvalue weighted by Gasteiger charge is 2.54. The number of amides is 2. The lowest BCUT2D eigenvalue weighted by Crippen LogP contribution is -2.56. The molecule has 1 aromatic carbocycles. The number of carbonyl (C=O) groups excluding carboxylic acids is 1. The lowest BCUT2D eigenvalue weighted by atomic mass is 9.91. The van der Waals surface area contributed by atoms with Crippen molar-refractivity contribution in [3.8, 4) is 5.75 Å². The molecule has 1 saturated heterocycles. The van der Waals surface area contributed by atoms with E-state index in [4.69, 9.17) is 4.74 Å². The van der Waals surface area contributed by atoms with Gasteiger partial charge in [0.15, 0.2) is 5.60 Å². The number of alkyl halides is 3. The number of piperidine rings is 1. The molecule has 1 heterocycles. The number of rotatable bonds is 4. The number of likely N-dealkylation sites (tertiary alicyclic amines) is 1. The molecule has 2 amide bonds. The number of nitrogens with one attached hydrogen (secondary N) is 1. The van der Waals surface area contributed by atoms with Crippen LogP contribution in [-0.2, 0) is 0 Å². The van der Waals surface area contributed by atoms with Crippen LogP contribution in [0, 0.1) is 6.92 Å². The van der Waals surface area contributed by atoms with Gasteiger partial charge in [-0.25, -0.2) is 4.79 Å². The maximum absolute atomic E-state index is 12.8. The summed E-state index contributed by atoms with van der Waals surface area (Å²) in [4.78, 5) is 13.4. The molecule has 1 aliphatic rings. The van der Waals surface area contributed by atoms with Crippen molar-refractivity contribution < 1.29 is 27.8 Å². The molecule has 1 unspecified atom stereocenters. The SMILES string of the molecule is Cc1cccc(OCC(C)NC(=O)N2CCC(O)(C(F)(F)F)CC2)c1. The van der Waals surface area contributed by atoms with Gasteiger partial charge in [-0.15, -0.1) is 0 Å². The predicted octanol–water partition coefficient (Wildman–Crippen LogP) is 2.86. The number of aryl methyl sites for hydroxylation is 1. The van der Waals surface area contributed by atoms with E-state index in [0.717, 1.165) is 5.56 Å². The molecule has 5 nitrogen and oxygen atoms in total. The van der Waals surface area contributed by atoms with Crippen molar-refractivity contribution >= 4 is 6.03 Å². The zero-order chi connectivity index (χ0) is 18.7. The molecule has 0 aliphatic carbocycles. The second-order valence-electron chi connectivity index (χ2n) is 6.49. The van der Waals surface area contributed by atoms with E-state index in [1.54, 1.807) is 6.92 Å². The molecule has 1 atom stereocenters. The Morgan fingerprint density at radius 2 is 2.04 bits per heavy atom. The maximum Gasteiger partial charge on any atom is 0.417 e. The number of hydrogen-bond acceptors (Lipinski definition) is 3. The van der Waals surface area contributed by atoms with E-state index in [9.17, 15) is 23.1 Å². The quantitative estimate of drug-likeness (QED) is 0.868. The van der Waals surface area contributed by atoms with Gasteiger partial charge in [0.1, 0.15) is 12.4 Å². The summed E-state index contributed by atoms with van der Waals surface area (Å²) in [6.45, 7) is 3.65. The summed E-state index contributed by atoms with van der Waals surface area (Å²) >= 11 is 0. The number of halogens is 3. The van der Waals surface area contributed by atoms with E-state index >= 15 is 0 Å². The first-order valence-corrected chi connectivity index (χ1v) is 8.15. The number of nitrogens with zero attached hydrogens (tertiary/aromatic N) is 1. The molecule has 0 spiro atoms. The molecule has 8 heteroatoms. The highest BCUT2D eigenvalue weighted by Crippen LogP contribution is 2.38. The van der Waals surface area contributed by atoms with E-state index in [1.165, 1.54) is 4.90 Å². The average Bonchev–Trinajstić information content (AvgIpc) is 2.52. The van der Waals surface area contributed by atoms with Crippen LogP contribution >= 0.6 is 0 Å². The van der Waals surface area contributed by atoms with Crippen LogP contribution < -0.4 is 10.1 Å². The predicted molar refractivity (Wildman–Crippen MR) is 86.5 cm³/mol. The van der Waals surface area contributed by atoms with Crippen molar-refractivity contribution in [2.75, 3.05) is 19.7 Å². The number of ether oxygens (including phenoxy) is 1. The first-order valence-electron chi connectivity index (χ1n) is 8.15. The molecule has 1 aromatic rings. The van der Waals surface area contributed by atoms with Crippen LogP contribution in [0.5, 0.6) is 5.75 Å². The molecule has 140 valence electrons. The van der Waals surface area contributed by atoms with Gasteiger partial charge in [-0.3, -0.25) is 0 Å². The van der Waals surface area contributed by atoms with Gasteiger partial charge in [0, 0.05) is 25.9 Å². The third-order valence-corrected chi connectivity index (χ3v) is 4.26. The Balaban J connectivity index is 1.78. The Labute approximate surface area is 144 Å². The van der Waals surface area contributed by atoms with Gasteiger partial charge in [0.25, 0.3) is 0 Å². The molecule has 0 bridgehead atoms. The van der Waals surface area contributed by atoms with Gasteiger partial charge in [-0.1, -0.05) is 12.1 Å². The van der Waals surface area contributed by atoms with Gasteiger partial charge in [0.2, 0.25) is 0 Å². The molecule has 2 N–H and O–H groups in total. The number of aliphatic hydroxyl groups is 1. The molecular formula is C17H23F3N2O3. The van der Waals surface area contributed by atoms with E-state index < -0.39 is 30.7 Å². The Bertz CT molecular complexity index is 599. The summed E-state index contributed by atoms with van der Waals surface area (Å²) in [6.07, 6.45) is -5.71. The highest BCUT2D eigenvalue weighted by atomic mass is 19.4. The van der Waals surface area contributed by atoms with Crippen LogP contribution in [0.4, 0.5) is 18.0 Å². The van der Waals surface area contributed by atoms with Crippen molar-refractivity contribution in [1.82, 2.24) is 10.2 Å². The summed E-state index contributed by atoms with van der Waals surface area (Å²) in [5, 5.41) is 12.3. The average molecular weight is 360 g/mol. The zero-order valence-electron chi connectivity index (χ0n) is 14.3. The van der Waals surface area contributed by atoms with E-state index in [0.29, 0.717) is 5.75 Å². The van der Waals surface area contributed by atoms with Crippen LogP contribution in [0.3, 0.4) is 0 Å². The fraction of sp³-hybridized carbons (Fsp3) is 0.588. The summed E-state index contributed by atoms with van der Waals surface area (Å²) in [5.74, 6) is 0.689. The van der Waals surface area contributed by atoms with Crippen LogP contribution in [0.1, 0.15) is 25.3 Å². The lowest BCUT2D eigenvalue weighted by Gasteiger charge is -2.39. The van der Waals surface area contributed by atoms with Gasteiger partial charge in [-0.05, 0) is 31.5 Å². The van der Waals surface area contributed by atoms with E-state index in [1.807, 2.05) is 31.2 Å². The Morgan fingerprint density at radius 3 is 2.60 bits per heavy atom. The molecule has 2 rings (SSSR count). The number of hydrogen-bond donors (Lipinski definition) is 2. The van der Waals surface area contributed by atoms with Crippen molar-refractivity contribution in [2.24, 2.45) is 0 Å². The molecule has 1 aliphatic heterocycles. The van der Waals surface area contributed by atoms with Crippen LogP contribution in [0.15, 0.2) is 24.3 Å². The minimum atomic E-state index is -4.68. The third kappa shape index (κ3) is 5.01. The van der Waals surface area contributed by atoms with Crippen LogP contribution in [0.2, 0.25) is 0 Å². The molecule has 0 aromatic heterocycles. The molecule has 1 fully saturated rings. The first-order chi connectivity index (χ1) is 11.6. The topological polar surface area (TPSA) is 61.8 Å². The smallest absolute Gasteiger partial charge is 0.417 e. The van der Waals surface area contributed by atoms with Crippen LogP contribution in [0.25, 0.3) is 0 Å². The minimum Gasteiger partial charge on any atom is -0.491 e. The largest absolute Gasteiger partial charge is 0.491 e. The molecule has 0 saturated carbocycles. The number of carbonyl (C=O) groups is 1. The van der Waals surface area contributed by atoms with E-state index in [-0.39, 0.29) is 25.7 Å². The number of benzene rings is 1. The molecule has 25 heavy (non-hydrogen) atoms. The van der Waals surface area contributed by atoms with Crippen molar-refractivity contribution in [1.29, 1.82) is 0 Å². The minimum absolute atomic E-state index is 0.146. The van der Waals surface area contributed by atoms with Gasteiger partial charge in [-0.2, -0.15) is 13.2 Å². The molecule has 0 radical (unpaired) electrons. The second-order valence-corrected chi connectivity index (χ2v) is 6.49. The van der Waals surface area contributed by atoms with E-state index in [2.05, 4.69) is 5.32 Å². The van der Waals surface area contributed by atoms with Gasteiger partial charge < -0.3 is 20.1 Å². The number of urea groups is 1. The zero-order valence-corrected chi connectivity index (χ0v) is 14.3. The Kier molecular flexibility index (Phi) is 5.82. The highest BCUT2D eigenvalue weighted by molar-refractivity contribution is 5.74. The standard InChI is InChI=1S/C17H23F3N2O3/c1-12-4-3-5-14(10-12)25-11-13(2)21-15(23)22-8-6-16(24,7-9-22)17(18,19)20/h3-5,10,13,24H,6-9,11H2,1-2H3,(H,21,23). The van der Waals surface area contributed by atoms with Crippen LogP contribution in [-0.4, -0.2) is 53.6 Å². The maximum atomic E-state index is 12.8. The monoisotopic (exact) mass is 360 g/mol. The summed E-state index contributed by atoms with van der Waals surface area (Å²) < 4.78 is 43.9. The summed E-state index contributed by atoms with van der Waals surface area (Å²) in [5.41, 5.74) is -1.65. The third-order valence-electron chi connectivity index (χ3n) is 4.26. The normalized spacial score (nSPS) is 18.6. The van der Waals surface area contributed by atoms with Crippen molar-refractivity contribution in [3.63, 3.8) is 0 Å². The second kappa shape index (κ2) is 7.51. The Morgan fingerprint density at radius 1 is 1.40 bits per heavy atom. The fourth-order valence-corrected chi connectivity index (χ4v) is 2.63. The van der Waals surface area contributed by atoms with Crippen molar-refractivity contribution in [3.05, 3.63) is 29.8 Å². The lowest BCUT2D eigenvalue weighted by molar-refractivity contribution is -0.271. The first kappa shape index (κ1) is 19.4. The fourth-order valence-electron chi connectivity index (χ4n) is 2.63.